The normalized spacial score (nSPS) is 11.9. The smallest absolute Gasteiger partial charge is 0.257 e. The molecule has 0 aliphatic carbocycles. The van der Waals surface area contributed by atoms with Crippen LogP contribution in [0.2, 0.25) is 0 Å². The summed E-state index contributed by atoms with van der Waals surface area (Å²) in [6.07, 6.45) is 1.33. The predicted molar refractivity (Wildman–Crippen MR) is 121 cm³/mol. The zero-order valence-electron chi connectivity index (χ0n) is 16.7. The molecule has 0 fully saturated rings. The van der Waals surface area contributed by atoms with Crippen molar-refractivity contribution >= 4 is 28.2 Å². The third kappa shape index (κ3) is 4.02. The Morgan fingerprint density at radius 3 is 2.60 bits per heavy atom. The molecule has 1 amide bonds. The van der Waals surface area contributed by atoms with Crippen LogP contribution < -0.4 is 11.1 Å². The van der Waals surface area contributed by atoms with E-state index in [1.165, 1.54) is 5.56 Å². The van der Waals surface area contributed by atoms with Gasteiger partial charge in [-0.05, 0) is 64.4 Å². The lowest BCUT2D eigenvalue weighted by Gasteiger charge is -2.14. The third-order valence-electron chi connectivity index (χ3n) is 5.21. The van der Waals surface area contributed by atoms with Crippen LogP contribution in [0, 0.1) is 0 Å². The summed E-state index contributed by atoms with van der Waals surface area (Å²) in [5, 5.41) is 15.1. The molecule has 0 saturated heterocycles. The van der Waals surface area contributed by atoms with E-state index in [0.717, 1.165) is 28.3 Å². The number of hydrogen-bond acceptors (Lipinski definition) is 4. The average molecular weight is 397 g/mol. The highest BCUT2D eigenvalue weighted by Crippen LogP contribution is 2.26. The van der Waals surface area contributed by atoms with E-state index >= 15 is 0 Å². The number of nitrogens with two attached hydrogens (primary N) is 1. The molecule has 4 rings (SSSR count). The maximum atomic E-state index is 12.6. The number of aliphatic hydroxyl groups excluding tert-OH is 1. The second-order valence-corrected chi connectivity index (χ2v) is 7.20. The van der Waals surface area contributed by atoms with Gasteiger partial charge in [0.2, 0.25) is 0 Å². The number of amides is 1. The number of anilines is 2. The fourth-order valence-corrected chi connectivity index (χ4v) is 3.46. The van der Waals surface area contributed by atoms with E-state index in [1.807, 2.05) is 30.3 Å². The molecule has 1 unspecified atom stereocenters. The molecule has 0 spiro atoms. The number of nitrogen functional groups attached to an aromatic ring is 1. The SMILES string of the molecule is CCc1ccc(-c2cccc(C(O)C(=O)Nc3ccc4c(N)nccc4c3)c2)cc1. The van der Waals surface area contributed by atoms with Crippen molar-refractivity contribution in [2.45, 2.75) is 19.4 Å². The first-order chi connectivity index (χ1) is 14.5. The monoisotopic (exact) mass is 397 g/mol. The summed E-state index contributed by atoms with van der Waals surface area (Å²) in [7, 11) is 0. The summed E-state index contributed by atoms with van der Waals surface area (Å²) in [6.45, 7) is 2.12. The zero-order valence-corrected chi connectivity index (χ0v) is 16.7. The molecule has 0 radical (unpaired) electrons. The van der Waals surface area contributed by atoms with Gasteiger partial charge in [-0.25, -0.2) is 4.98 Å². The van der Waals surface area contributed by atoms with E-state index < -0.39 is 12.0 Å². The molecule has 0 saturated carbocycles. The standard InChI is InChI=1S/C25H23N3O2/c1-2-16-6-8-17(9-7-16)18-4-3-5-20(14-18)23(29)25(30)28-21-10-11-22-19(15-21)12-13-27-24(22)26/h3-15,23,29H,2H2,1H3,(H2,26,27)(H,28,30). The van der Waals surface area contributed by atoms with E-state index in [4.69, 9.17) is 5.73 Å². The van der Waals surface area contributed by atoms with E-state index in [-0.39, 0.29) is 0 Å². The molecule has 150 valence electrons. The van der Waals surface area contributed by atoms with Crippen molar-refractivity contribution in [1.82, 2.24) is 4.98 Å². The predicted octanol–water partition coefficient (Wildman–Crippen LogP) is 4.72. The third-order valence-corrected chi connectivity index (χ3v) is 5.21. The van der Waals surface area contributed by atoms with Crippen LogP contribution in [0.25, 0.3) is 21.9 Å². The van der Waals surface area contributed by atoms with Crippen LogP contribution in [0.5, 0.6) is 0 Å². The summed E-state index contributed by atoms with van der Waals surface area (Å²) in [5.41, 5.74) is 10.3. The van der Waals surface area contributed by atoms with Gasteiger partial charge in [0.05, 0.1) is 0 Å². The maximum Gasteiger partial charge on any atom is 0.257 e. The number of aromatic nitrogens is 1. The second-order valence-electron chi connectivity index (χ2n) is 7.20. The largest absolute Gasteiger partial charge is 0.383 e. The highest BCUT2D eigenvalue weighted by Gasteiger charge is 2.18. The van der Waals surface area contributed by atoms with Crippen LogP contribution in [-0.4, -0.2) is 16.0 Å². The van der Waals surface area contributed by atoms with Crippen LogP contribution in [0.1, 0.15) is 24.2 Å². The van der Waals surface area contributed by atoms with Gasteiger partial charge >= 0.3 is 0 Å². The number of nitrogens with zero attached hydrogens (tertiary/aromatic N) is 1. The first kappa shape index (κ1) is 19.6. The quantitative estimate of drug-likeness (QED) is 0.455. The fraction of sp³-hybridized carbons (Fsp3) is 0.120. The van der Waals surface area contributed by atoms with Crippen LogP contribution in [-0.2, 0) is 11.2 Å². The Balaban J connectivity index is 1.54. The molecule has 30 heavy (non-hydrogen) atoms. The van der Waals surface area contributed by atoms with Gasteiger partial charge in [0.25, 0.3) is 5.91 Å². The van der Waals surface area contributed by atoms with E-state index in [9.17, 15) is 9.90 Å². The molecular formula is C25H23N3O2. The van der Waals surface area contributed by atoms with E-state index in [2.05, 4.69) is 41.5 Å². The molecular weight excluding hydrogens is 374 g/mol. The summed E-state index contributed by atoms with van der Waals surface area (Å²) in [4.78, 5) is 16.7. The second kappa shape index (κ2) is 8.35. The minimum Gasteiger partial charge on any atom is -0.383 e. The van der Waals surface area contributed by atoms with Gasteiger partial charge in [0, 0.05) is 17.3 Å². The molecule has 0 bridgehead atoms. The number of rotatable bonds is 5. The summed E-state index contributed by atoms with van der Waals surface area (Å²) in [5.74, 6) is -0.0518. The van der Waals surface area contributed by atoms with Gasteiger partial charge in [0.15, 0.2) is 6.10 Å². The molecule has 5 heteroatoms. The number of benzene rings is 3. The molecule has 4 N–H and O–H groups in total. The molecule has 0 aliphatic heterocycles. The lowest BCUT2D eigenvalue weighted by atomic mass is 9.99. The van der Waals surface area contributed by atoms with E-state index in [1.54, 1.807) is 24.4 Å². The number of fused-ring (bicyclic) bond motifs is 1. The minimum absolute atomic E-state index is 0.439. The van der Waals surface area contributed by atoms with Gasteiger partial charge in [-0.1, -0.05) is 49.4 Å². The van der Waals surface area contributed by atoms with E-state index in [0.29, 0.717) is 17.1 Å². The molecule has 5 nitrogen and oxygen atoms in total. The number of aryl methyl sites for hydroxylation is 1. The Bertz CT molecular complexity index is 1200. The van der Waals surface area contributed by atoms with Crippen LogP contribution in [0.3, 0.4) is 0 Å². The van der Waals surface area contributed by atoms with Crippen molar-refractivity contribution in [3.8, 4) is 11.1 Å². The number of carbonyl (C=O) groups is 1. The number of pyridine rings is 1. The van der Waals surface area contributed by atoms with Crippen molar-refractivity contribution in [2.75, 3.05) is 11.1 Å². The molecule has 1 aromatic heterocycles. The van der Waals surface area contributed by atoms with Crippen LogP contribution in [0.15, 0.2) is 79.0 Å². The van der Waals surface area contributed by atoms with Crippen molar-refractivity contribution < 1.29 is 9.90 Å². The summed E-state index contributed by atoms with van der Waals surface area (Å²) < 4.78 is 0. The Morgan fingerprint density at radius 2 is 1.83 bits per heavy atom. The van der Waals surface area contributed by atoms with Crippen LogP contribution in [0.4, 0.5) is 11.5 Å². The number of aliphatic hydroxyl groups is 1. The Hall–Kier alpha value is -3.70. The maximum absolute atomic E-state index is 12.6. The zero-order chi connectivity index (χ0) is 21.1. The molecule has 1 atom stereocenters. The summed E-state index contributed by atoms with van der Waals surface area (Å²) in [6, 6.07) is 22.9. The number of hydrogen-bond donors (Lipinski definition) is 3. The number of carbonyl (C=O) groups excluding carboxylic acids is 1. The van der Waals surface area contributed by atoms with Crippen molar-refractivity contribution in [2.24, 2.45) is 0 Å². The van der Waals surface area contributed by atoms with Gasteiger partial charge in [-0.2, -0.15) is 0 Å². The van der Waals surface area contributed by atoms with Gasteiger partial charge in [-0.3, -0.25) is 4.79 Å². The Kier molecular flexibility index (Phi) is 5.46. The first-order valence-electron chi connectivity index (χ1n) is 9.87. The molecule has 0 aliphatic rings. The molecule has 4 aromatic rings. The fourth-order valence-electron chi connectivity index (χ4n) is 3.46. The minimum atomic E-state index is -1.28. The molecule has 3 aromatic carbocycles. The van der Waals surface area contributed by atoms with Crippen molar-refractivity contribution in [3.05, 3.63) is 90.1 Å². The van der Waals surface area contributed by atoms with Gasteiger partial charge < -0.3 is 16.2 Å². The van der Waals surface area contributed by atoms with Gasteiger partial charge in [0.1, 0.15) is 5.82 Å². The lowest BCUT2D eigenvalue weighted by molar-refractivity contribution is -0.124. The molecule has 1 heterocycles. The highest BCUT2D eigenvalue weighted by atomic mass is 16.3. The topological polar surface area (TPSA) is 88.2 Å². The summed E-state index contributed by atoms with van der Waals surface area (Å²) >= 11 is 0. The first-order valence-corrected chi connectivity index (χ1v) is 9.87. The van der Waals surface area contributed by atoms with Crippen LogP contribution >= 0.6 is 0 Å². The highest BCUT2D eigenvalue weighted by molar-refractivity contribution is 5.99. The lowest BCUT2D eigenvalue weighted by Crippen LogP contribution is -2.20. The van der Waals surface area contributed by atoms with Crippen molar-refractivity contribution in [3.63, 3.8) is 0 Å². The average Bonchev–Trinajstić information content (AvgIpc) is 2.79. The number of nitrogens with one attached hydrogen (secondary N) is 1. The van der Waals surface area contributed by atoms with Gasteiger partial charge in [-0.15, -0.1) is 0 Å². The Labute approximate surface area is 175 Å². The van der Waals surface area contributed by atoms with Crippen molar-refractivity contribution in [1.29, 1.82) is 0 Å². The Morgan fingerprint density at radius 1 is 1.03 bits per heavy atom.